The molecule has 0 unspecified atom stereocenters. The molecule has 0 atom stereocenters. The minimum atomic E-state index is -0.331. The average Bonchev–Trinajstić information content (AvgIpc) is 3.47. The van der Waals surface area contributed by atoms with Crippen molar-refractivity contribution in [1.82, 2.24) is 4.57 Å². The molecule has 7 heteroatoms. The van der Waals surface area contributed by atoms with E-state index in [1.54, 1.807) is 4.90 Å². The third-order valence-electron chi connectivity index (χ3n) is 7.67. The summed E-state index contributed by atoms with van der Waals surface area (Å²) >= 11 is 1.49. The summed E-state index contributed by atoms with van der Waals surface area (Å²) in [5.74, 6) is 0.800. The summed E-state index contributed by atoms with van der Waals surface area (Å²) in [5.41, 5.74) is 6.30. The number of fused-ring (bicyclic) bond motifs is 5. The lowest BCUT2D eigenvalue weighted by molar-refractivity contribution is -0.118. The lowest BCUT2D eigenvalue weighted by Gasteiger charge is -2.24. The van der Waals surface area contributed by atoms with Crippen LogP contribution in [0.5, 0.6) is 5.75 Å². The lowest BCUT2D eigenvalue weighted by Crippen LogP contribution is -2.28. The molecule has 6 nitrogen and oxygen atoms in total. The van der Waals surface area contributed by atoms with Gasteiger partial charge in [-0.1, -0.05) is 49.6 Å². The fraction of sp³-hybridized carbons (Fsp3) is 0.333. The molecule has 2 aromatic carbocycles. The van der Waals surface area contributed by atoms with E-state index in [1.807, 2.05) is 55.6 Å². The molecule has 1 amide bonds. The average molecular weight is 515 g/mol. The molecule has 3 heterocycles. The monoisotopic (exact) mass is 514 g/mol. The topological polar surface area (TPSA) is 60.8 Å². The number of carbonyl (C=O) groups excluding carboxylic acids is 2. The van der Waals surface area contributed by atoms with Gasteiger partial charge in [0.2, 0.25) is 5.91 Å². The molecule has 1 aliphatic carbocycles. The van der Waals surface area contributed by atoms with E-state index in [1.165, 1.54) is 43.3 Å². The normalized spacial score (nSPS) is 15.8. The summed E-state index contributed by atoms with van der Waals surface area (Å²) in [7, 11) is 3.24. The first-order chi connectivity index (χ1) is 18.0. The predicted octanol–water partition coefficient (Wildman–Crippen LogP) is 6.76. The van der Waals surface area contributed by atoms with E-state index in [0.29, 0.717) is 17.4 Å². The Morgan fingerprint density at radius 3 is 2.59 bits per heavy atom. The number of methoxy groups -OCH3 is 1. The van der Waals surface area contributed by atoms with Crippen LogP contribution in [0.15, 0.2) is 54.6 Å². The first-order valence-corrected chi connectivity index (χ1v) is 13.7. The SMILES string of the molecule is COC(=O)c1cc2c(s1)c(C1CCCCC1)c1n2CC(=O)N(C)c2cc(OCc3ccccc3)ccc2-1. The van der Waals surface area contributed by atoms with E-state index in [2.05, 4.69) is 10.6 Å². The van der Waals surface area contributed by atoms with E-state index < -0.39 is 0 Å². The molecular formula is C30H30N2O4S. The number of nitrogens with zero attached hydrogens (tertiary/aromatic N) is 2. The van der Waals surface area contributed by atoms with E-state index in [4.69, 9.17) is 9.47 Å². The number of hydrogen-bond donors (Lipinski definition) is 0. The lowest BCUT2D eigenvalue weighted by atomic mass is 9.83. The molecule has 0 bridgehead atoms. The number of aromatic nitrogens is 1. The second-order valence-corrected chi connectivity index (χ2v) is 11.0. The van der Waals surface area contributed by atoms with E-state index in [9.17, 15) is 9.59 Å². The quantitative estimate of drug-likeness (QED) is 0.276. The predicted molar refractivity (Wildman–Crippen MR) is 147 cm³/mol. The second-order valence-electron chi connectivity index (χ2n) is 9.91. The fourth-order valence-electron chi connectivity index (χ4n) is 5.77. The largest absolute Gasteiger partial charge is 0.489 e. The standard InChI is InChI=1S/C30H30N2O4S/c1-31-23-15-21(36-18-19-9-5-3-6-10-19)13-14-22(23)28-27(20-11-7-4-8-12-20)29-24(32(28)17-26(31)33)16-25(37-29)30(34)35-2/h3,5-6,9-10,13-16,20H,4,7-8,11-12,17-18H2,1-2H3. The molecule has 1 saturated carbocycles. The summed E-state index contributed by atoms with van der Waals surface area (Å²) in [6, 6.07) is 18.0. The molecule has 1 fully saturated rings. The number of thiophene rings is 1. The maximum Gasteiger partial charge on any atom is 0.348 e. The van der Waals surface area contributed by atoms with Crippen molar-refractivity contribution in [3.05, 3.63) is 70.6 Å². The van der Waals surface area contributed by atoms with Crippen molar-refractivity contribution < 1.29 is 19.1 Å². The summed E-state index contributed by atoms with van der Waals surface area (Å²) < 4.78 is 14.4. The number of carbonyl (C=O) groups is 2. The number of benzene rings is 2. The third-order valence-corrected chi connectivity index (χ3v) is 8.81. The highest BCUT2D eigenvalue weighted by Gasteiger charge is 2.33. The number of esters is 1. The van der Waals surface area contributed by atoms with Gasteiger partial charge < -0.3 is 18.9 Å². The zero-order valence-corrected chi connectivity index (χ0v) is 22.0. The van der Waals surface area contributed by atoms with Crippen LogP contribution in [0, 0.1) is 0 Å². The van der Waals surface area contributed by atoms with E-state index >= 15 is 0 Å². The van der Waals surface area contributed by atoms with Crippen molar-refractivity contribution in [3.63, 3.8) is 0 Å². The Kier molecular flexibility index (Phi) is 6.24. The summed E-state index contributed by atoms with van der Waals surface area (Å²) in [6.45, 7) is 0.689. The molecule has 0 spiro atoms. The van der Waals surface area contributed by atoms with Crippen LogP contribution in [0.4, 0.5) is 5.69 Å². The Labute approximate surface area is 220 Å². The van der Waals surface area contributed by atoms with Crippen LogP contribution in [0.1, 0.15) is 58.8 Å². The van der Waals surface area contributed by atoms with Gasteiger partial charge in [0.05, 0.1) is 28.7 Å². The number of amides is 1. The highest BCUT2D eigenvalue weighted by Crippen LogP contribution is 2.50. The van der Waals surface area contributed by atoms with Crippen LogP contribution in [0.2, 0.25) is 0 Å². The maximum atomic E-state index is 13.4. The molecule has 0 saturated heterocycles. The number of rotatable bonds is 5. The van der Waals surface area contributed by atoms with E-state index in [0.717, 1.165) is 51.3 Å². The zero-order valence-electron chi connectivity index (χ0n) is 21.2. The number of hydrogen-bond acceptors (Lipinski definition) is 5. The van der Waals surface area contributed by atoms with Crippen LogP contribution < -0.4 is 9.64 Å². The third kappa shape index (κ3) is 4.21. The molecule has 0 radical (unpaired) electrons. The van der Waals surface area contributed by atoms with Crippen LogP contribution in [-0.2, 0) is 22.7 Å². The van der Waals surface area contributed by atoms with Gasteiger partial charge in [0.1, 0.15) is 23.8 Å². The van der Waals surface area contributed by atoms with Gasteiger partial charge in [-0.2, -0.15) is 0 Å². The Balaban J connectivity index is 1.50. The number of likely N-dealkylation sites (N-methyl/N-ethyl adjacent to an activating group) is 1. The Bertz CT molecular complexity index is 1480. The number of ether oxygens (including phenoxy) is 2. The van der Waals surface area contributed by atoms with Gasteiger partial charge in [0.15, 0.2) is 0 Å². The van der Waals surface area contributed by atoms with Gasteiger partial charge in [-0.25, -0.2) is 4.79 Å². The highest BCUT2D eigenvalue weighted by molar-refractivity contribution is 7.21. The van der Waals surface area contributed by atoms with Gasteiger partial charge in [0, 0.05) is 18.7 Å². The summed E-state index contributed by atoms with van der Waals surface area (Å²) in [4.78, 5) is 28.2. The molecule has 2 aromatic heterocycles. The molecule has 37 heavy (non-hydrogen) atoms. The van der Waals surface area contributed by atoms with Gasteiger partial charge in [0.25, 0.3) is 0 Å². The zero-order chi connectivity index (χ0) is 25.5. The molecule has 190 valence electrons. The van der Waals surface area contributed by atoms with Gasteiger partial charge in [-0.15, -0.1) is 11.3 Å². The minimum Gasteiger partial charge on any atom is -0.489 e. The highest BCUT2D eigenvalue weighted by atomic mass is 32.1. The Morgan fingerprint density at radius 1 is 1.05 bits per heavy atom. The summed E-state index contributed by atoms with van der Waals surface area (Å²) in [5, 5.41) is 0. The van der Waals surface area contributed by atoms with Crippen molar-refractivity contribution in [2.45, 2.75) is 51.2 Å². The van der Waals surface area contributed by atoms with E-state index in [-0.39, 0.29) is 18.4 Å². The molecule has 0 N–H and O–H groups in total. The smallest absolute Gasteiger partial charge is 0.348 e. The van der Waals surface area contributed by atoms with Crippen molar-refractivity contribution in [3.8, 4) is 17.0 Å². The molecule has 6 rings (SSSR count). The van der Waals surface area contributed by atoms with Crippen molar-refractivity contribution in [2.75, 3.05) is 19.1 Å². The van der Waals surface area contributed by atoms with Crippen LogP contribution in [0.3, 0.4) is 0 Å². The Hall–Kier alpha value is -3.58. The van der Waals surface area contributed by atoms with Gasteiger partial charge in [-0.05, 0) is 48.1 Å². The van der Waals surface area contributed by atoms with Crippen LogP contribution in [-0.4, -0.2) is 30.6 Å². The Morgan fingerprint density at radius 2 is 1.84 bits per heavy atom. The molecule has 1 aliphatic heterocycles. The van der Waals surface area contributed by atoms with Crippen LogP contribution in [0.25, 0.3) is 21.5 Å². The van der Waals surface area contributed by atoms with Crippen molar-refractivity contribution in [1.29, 1.82) is 0 Å². The van der Waals surface area contributed by atoms with Crippen LogP contribution >= 0.6 is 11.3 Å². The first kappa shape index (κ1) is 23.8. The second kappa shape index (κ2) is 9.71. The van der Waals surface area contributed by atoms with Gasteiger partial charge >= 0.3 is 5.97 Å². The molecule has 2 aliphatic rings. The maximum absolute atomic E-state index is 13.4. The molecular weight excluding hydrogens is 484 g/mol. The summed E-state index contributed by atoms with van der Waals surface area (Å²) in [6.07, 6.45) is 5.89. The van der Waals surface area contributed by atoms with Crippen molar-refractivity contribution >= 4 is 39.1 Å². The minimum absolute atomic E-state index is 0.00174. The molecule has 4 aromatic rings. The fourth-order valence-corrected chi connectivity index (χ4v) is 6.97. The first-order valence-electron chi connectivity index (χ1n) is 12.9. The number of anilines is 1. The van der Waals surface area contributed by atoms with Gasteiger partial charge in [-0.3, -0.25) is 4.79 Å². The van der Waals surface area contributed by atoms with Crippen molar-refractivity contribution in [2.24, 2.45) is 0 Å².